The van der Waals surface area contributed by atoms with Gasteiger partial charge in [0.15, 0.2) is 0 Å². The van der Waals surface area contributed by atoms with Gasteiger partial charge in [-0.1, -0.05) is 17.7 Å². The standard InChI is InChI=1S/C13H16ClN5O2/c1-8-3-4-10(9(14)7-8)16-12(20)15-6-5-11-17-18-13(21)19(11)2/h3-4,7H,5-6H2,1-2H3,(H,18,21)(H2,15,16,20). The fourth-order valence-electron chi connectivity index (χ4n) is 1.78. The number of nitrogens with one attached hydrogen (secondary N) is 3. The monoisotopic (exact) mass is 309 g/mol. The van der Waals surface area contributed by atoms with Crippen LogP contribution in [0.3, 0.4) is 0 Å². The minimum Gasteiger partial charge on any atom is -0.337 e. The van der Waals surface area contributed by atoms with Gasteiger partial charge in [-0.3, -0.25) is 4.57 Å². The van der Waals surface area contributed by atoms with E-state index in [0.717, 1.165) is 5.56 Å². The molecule has 112 valence electrons. The predicted molar refractivity (Wildman–Crippen MR) is 80.7 cm³/mol. The molecule has 0 aliphatic rings. The largest absolute Gasteiger partial charge is 0.343 e. The number of hydrogen-bond donors (Lipinski definition) is 3. The van der Waals surface area contributed by atoms with E-state index < -0.39 is 0 Å². The number of aromatic nitrogens is 3. The molecule has 2 amide bonds. The molecule has 0 fully saturated rings. The van der Waals surface area contributed by atoms with E-state index in [-0.39, 0.29) is 11.7 Å². The van der Waals surface area contributed by atoms with Crippen molar-refractivity contribution in [2.24, 2.45) is 7.05 Å². The van der Waals surface area contributed by atoms with E-state index in [9.17, 15) is 9.59 Å². The van der Waals surface area contributed by atoms with Crippen LogP contribution in [0, 0.1) is 6.92 Å². The molecule has 2 rings (SSSR count). The summed E-state index contributed by atoms with van der Waals surface area (Å²) in [5.41, 5.74) is 1.29. The lowest BCUT2D eigenvalue weighted by atomic mass is 10.2. The third-order valence-electron chi connectivity index (χ3n) is 2.98. The lowest BCUT2D eigenvalue weighted by molar-refractivity contribution is 0.252. The number of nitrogens with zero attached hydrogens (tertiary/aromatic N) is 2. The maximum absolute atomic E-state index is 11.8. The van der Waals surface area contributed by atoms with E-state index in [4.69, 9.17) is 11.6 Å². The van der Waals surface area contributed by atoms with Gasteiger partial charge < -0.3 is 10.6 Å². The van der Waals surface area contributed by atoms with Gasteiger partial charge in [0.05, 0.1) is 10.7 Å². The zero-order valence-corrected chi connectivity index (χ0v) is 12.5. The Morgan fingerprint density at radius 2 is 2.24 bits per heavy atom. The summed E-state index contributed by atoms with van der Waals surface area (Å²) in [6.45, 7) is 2.28. The summed E-state index contributed by atoms with van der Waals surface area (Å²) in [5.74, 6) is 0.577. The minimum atomic E-state index is -0.360. The Morgan fingerprint density at radius 1 is 1.48 bits per heavy atom. The number of urea groups is 1. The molecule has 0 saturated carbocycles. The number of hydrogen-bond acceptors (Lipinski definition) is 3. The van der Waals surface area contributed by atoms with E-state index in [0.29, 0.717) is 29.5 Å². The molecule has 0 aliphatic carbocycles. The molecule has 1 heterocycles. The van der Waals surface area contributed by atoms with Crippen molar-refractivity contribution in [3.05, 3.63) is 45.1 Å². The minimum absolute atomic E-state index is 0.277. The lowest BCUT2D eigenvalue weighted by Gasteiger charge is -2.09. The molecular weight excluding hydrogens is 294 g/mol. The van der Waals surface area contributed by atoms with Gasteiger partial charge in [0, 0.05) is 20.0 Å². The first-order chi connectivity index (χ1) is 9.97. The molecular formula is C13H16ClN5O2. The van der Waals surface area contributed by atoms with Crippen LogP contribution in [0.15, 0.2) is 23.0 Å². The molecule has 0 aliphatic heterocycles. The third kappa shape index (κ3) is 3.85. The van der Waals surface area contributed by atoms with Gasteiger partial charge in [-0.2, -0.15) is 5.10 Å². The molecule has 3 N–H and O–H groups in total. The summed E-state index contributed by atoms with van der Waals surface area (Å²) < 4.78 is 1.40. The van der Waals surface area contributed by atoms with Crippen LogP contribution in [0.5, 0.6) is 0 Å². The normalized spacial score (nSPS) is 10.4. The molecule has 2 aromatic rings. The van der Waals surface area contributed by atoms with Gasteiger partial charge in [-0.15, -0.1) is 0 Å². The van der Waals surface area contributed by atoms with E-state index in [2.05, 4.69) is 20.8 Å². The van der Waals surface area contributed by atoms with Crippen LogP contribution >= 0.6 is 11.6 Å². The molecule has 7 nitrogen and oxygen atoms in total. The summed E-state index contributed by atoms with van der Waals surface area (Å²) in [7, 11) is 1.62. The highest BCUT2D eigenvalue weighted by Crippen LogP contribution is 2.22. The van der Waals surface area contributed by atoms with Crippen LogP contribution in [0.25, 0.3) is 0 Å². The van der Waals surface area contributed by atoms with Crippen molar-refractivity contribution in [1.29, 1.82) is 0 Å². The number of anilines is 1. The van der Waals surface area contributed by atoms with Crippen molar-refractivity contribution < 1.29 is 4.79 Å². The topological polar surface area (TPSA) is 91.8 Å². The van der Waals surface area contributed by atoms with Gasteiger partial charge in [0.2, 0.25) is 0 Å². The SMILES string of the molecule is Cc1ccc(NC(=O)NCCc2n[nH]c(=O)n2C)c(Cl)c1. The first-order valence-electron chi connectivity index (χ1n) is 6.38. The molecule has 0 spiro atoms. The predicted octanol–water partition coefficient (Wildman–Crippen LogP) is 1.43. The number of amides is 2. The highest BCUT2D eigenvalue weighted by atomic mass is 35.5. The Bertz CT molecular complexity index is 707. The number of H-pyrrole nitrogens is 1. The summed E-state index contributed by atoms with van der Waals surface area (Å²) in [5, 5.41) is 12.0. The third-order valence-corrected chi connectivity index (χ3v) is 3.29. The van der Waals surface area contributed by atoms with Crippen LogP contribution in [-0.2, 0) is 13.5 Å². The van der Waals surface area contributed by atoms with Gasteiger partial charge in [0.25, 0.3) is 0 Å². The van der Waals surface area contributed by atoms with Crippen molar-refractivity contribution in [2.75, 3.05) is 11.9 Å². The maximum Gasteiger partial charge on any atom is 0.343 e. The van der Waals surface area contributed by atoms with Crippen LogP contribution in [0.2, 0.25) is 5.02 Å². The molecule has 0 atom stereocenters. The average Bonchev–Trinajstić information content (AvgIpc) is 2.74. The van der Waals surface area contributed by atoms with E-state index in [1.807, 2.05) is 13.0 Å². The second-order valence-electron chi connectivity index (χ2n) is 4.62. The van der Waals surface area contributed by atoms with Crippen molar-refractivity contribution in [2.45, 2.75) is 13.3 Å². The number of aromatic amines is 1. The fourth-order valence-corrected chi connectivity index (χ4v) is 2.06. The molecule has 1 aromatic carbocycles. The second kappa shape index (κ2) is 6.45. The number of rotatable bonds is 4. The summed E-state index contributed by atoms with van der Waals surface area (Å²) in [6.07, 6.45) is 0.449. The van der Waals surface area contributed by atoms with Crippen molar-refractivity contribution in [3.63, 3.8) is 0 Å². The van der Waals surface area contributed by atoms with Crippen molar-refractivity contribution in [3.8, 4) is 0 Å². The fraction of sp³-hybridized carbons (Fsp3) is 0.308. The quantitative estimate of drug-likeness (QED) is 0.798. The van der Waals surface area contributed by atoms with E-state index in [1.54, 1.807) is 19.2 Å². The van der Waals surface area contributed by atoms with Crippen LogP contribution in [0.4, 0.5) is 10.5 Å². The number of carbonyl (C=O) groups excluding carboxylic acids is 1. The maximum atomic E-state index is 11.8. The first kappa shape index (κ1) is 15.1. The number of benzene rings is 1. The molecule has 21 heavy (non-hydrogen) atoms. The van der Waals surface area contributed by atoms with Crippen molar-refractivity contribution in [1.82, 2.24) is 20.1 Å². The van der Waals surface area contributed by atoms with Crippen LogP contribution in [0.1, 0.15) is 11.4 Å². The molecule has 0 unspecified atom stereocenters. The van der Waals surface area contributed by atoms with Gasteiger partial charge >= 0.3 is 11.7 Å². The summed E-state index contributed by atoms with van der Waals surface area (Å²) in [4.78, 5) is 22.9. The van der Waals surface area contributed by atoms with E-state index in [1.165, 1.54) is 4.57 Å². The zero-order chi connectivity index (χ0) is 15.4. The van der Waals surface area contributed by atoms with Gasteiger partial charge in [0.1, 0.15) is 5.82 Å². The Labute approximate surface area is 126 Å². The van der Waals surface area contributed by atoms with E-state index >= 15 is 0 Å². The molecule has 1 aromatic heterocycles. The Balaban J connectivity index is 1.85. The summed E-state index contributed by atoms with van der Waals surface area (Å²) >= 11 is 6.03. The Kier molecular flexibility index (Phi) is 4.64. The molecule has 0 radical (unpaired) electrons. The number of carbonyl (C=O) groups is 1. The first-order valence-corrected chi connectivity index (χ1v) is 6.76. The highest BCUT2D eigenvalue weighted by molar-refractivity contribution is 6.33. The molecule has 8 heteroatoms. The molecule has 0 bridgehead atoms. The smallest absolute Gasteiger partial charge is 0.337 e. The van der Waals surface area contributed by atoms with Gasteiger partial charge in [-0.25, -0.2) is 14.7 Å². The summed E-state index contributed by atoms with van der Waals surface area (Å²) in [6, 6.07) is 5.02. The Morgan fingerprint density at radius 3 is 2.86 bits per heavy atom. The van der Waals surface area contributed by atoms with Gasteiger partial charge in [-0.05, 0) is 24.6 Å². The lowest BCUT2D eigenvalue weighted by Crippen LogP contribution is -2.31. The molecule has 0 saturated heterocycles. The van der Waals surface area contributed by atoms with Crippen LogP contribution < -0.4 is 16.3 Å². The zero-order valence-electron chi connectivity index (χ0n) is 11.7. The van der Waals surface area contributed by atoms with Crippen molar-refractivity contribution >= 4 is 23.3 Å². The number of halogens is 1. The number of aryl methyl sites for hydroxylation is 1. The van der Waals surface area contributed by atoms with Crippen LogP contribution in [-0.4, -0.2) is 27.3 Å². The average molecular weight is 310 g/mol. The second-order valence-corrected chi connectivity index (χ2v) is 5.03. The highest BCUT2D eigenvalue weighted by Gasteiger charge is 2.07. The Hall–Kier alpha value is -2.28.